The van der Waals surface area contributed by atoms with Gasteiger partial charge in [0.15, 0.2) is 11.5 Å². The molecule has 0 bridgehead atoms. The highest BCUT2D eigenvalue weighted by atomic mass is 35.5. The van der Waals surface area contributed by atoms with Gasteiger partial charge in [0.05, 0.1) is 39.0 Å². The lowest BCUT2D eigenvalue weighted by Gasteiger charge is -2.33. The second kappa shape index (κ2) is 15.7. The average molecular weight is 662 g/mol. The molecule has 3 aromatic rings. The van der Waals surface area contributed by atoms with Gasteiger partial charge in [-0.05, 0) is 56.2 Å². The minimum absolute atomic E-state index is 0.0485. The van der Waals surface area contributed by atoms with Crippen LogP contribution in [-0.4, -0.2) is 72.2 Å². The Kier molecular flexibility index (Phi) is 12.3. The zero-order chi connectivity index (χ0) is 33.3. The number of carbonyl (C=O) groups is 2. The SMILES string of the molecule is CC[C@@H](C)NC(=O)[C@H](C)N(Cc1ccccc1Cl)C(=O)CN(c1cc(OC)ccc1OC)S(=O)(=O)c1ccc(OC)c(OC)c1. The first kappa shape index (κ1) is 35.3. The number of hydrogen-bond acceptors (Lipinski definition) is 8. The molecule has 0 spiro atoms. The van der Waals surface area contributed by atoms with Crippen molar-refractivity contribution in [2.45, 2.75) is 50.7 Å². The van der Waals surface area contributed by atoms with Crippen molar-refractivity contribution in [2.24, 2.45) is 0 Å². The lowest BCUT2D eigenvalue weighted by molar-refractivity contribution is -0.139. The summed E-state index contributed by atoms with van der Waals surface area (Å²) in [5, 5.41) is 3.30. The number of sulfonamides is 1. The summed E-state index contributed by atoms with van der Waals surface area (Å²) in [5.41, 5.74) is 0.637. The van der Waals surface area contributed by atoms with Gasteiger partial charge < -0.3 is 29.2 Å². The maximum atomic E-state index is 14.4. The smallest absolute Gasteiger partial charge is 0.265 e. The van der Waals surface area contributed by atoms with E-state index in [1.54, 1.807) is 43.3 Å². The summed E-state index contributed by atoms with van der Waals surface area (Å²) in [6.45, 7) is 4.64. The van der Waals surface area contributed by atoms with Crippen LogP contribution in [0.2, 0.25) is 5.02 Å². The summed E-state index contributed by atoms with van der Waals surface area (Å²) in [6.07, 6.45) is 0.684. The number of ether oxygens (including phenoxy) is 4. The second-order valence-electron chi connectivity index (χ2n) is 10.2. The second-order valence-corrected chi connectivity index (χ2v) is 12.4. The number of nitrogens with zero attached hydrogens (tertiary/aromatic N) is 2. The van der Waals surface area contributed by atoms with E-state index in [1.165, 1.54) is 57.6 Å². The molecular formula is C32H40ClN3O8S. The van der Waals surface area contributed by atoms with Crippen molar-refractivity contribution in [2.75, 3.05) is 39.3 Å². The highest BCUT2D eigenvalue weighted by Gasteiger charge is 2.35. The molecule has 45 heavy (non-hydrogen) atoms. The van der Waals surface area contributed by atoms with E-state index in [1.807, 2.05) is 13.8 Å². The predicted molar refractivity (Wildman–Crippen MR) is 173 cm³/mol. The number of hydrogen-bond donors (Lipinski definition) is 1. The number of amides is 2. The van der Waals surface area contributed by atoms with E-state index in [4.69, 9.17) is 30.5 Å². The van der Waals surface area contributed by atoms with Crippen LogP contribution in [0.15, 0.2) is 65.6 Å². The van der Waals surface area contributed by atoms with Gasteiger partial charge in [-0.3, -0.25) is 13.9 Å². The zero-order valence-electron chi connectivity index (χ0n) is 26.5. The molecule has 2 amide bonds. The molecule has 2 atom stereocenters. The van der Waals surface area contributed by atoms with Crippen LogP contribution >= 0.6 is 11.6 Å². The molecule has 0 unspecified atom stereocenters. The maximum Gasteiger partial charge on any atom is 0.265 e. The molecule has 0 aliphatic rings. The van der Waals surface area contributed by atoms with Gasteiger partial charge in [-0.25, -0.2) is 8.42 Å². The minimum atomic E-state index is -4.46. The molecular weight excluding hydrogens is 622 g/mol. The Morgan fingerprint density at radius 3 is 2.11 bits per heavy atom. The van der Waals surface area contributed by atoms with E-state index in [2.05, 4.69) is 5.32 Å². The Hall–Kier alpha value is -4.16. The molecule has 0 aliphatic heterocycles. The summed E-state index contributed by atoms with van der Waals surface area (Å²) < 4.78 is 51.2. The molecule has 3 rings (SSSR count). The van der Waals surface area contributed by atoms with E-state index in [0.29, 0.717) is 28.5 Å². The Labute approximate surface area is 270 Å². The lowest BCUT2D eigenvalue weighted by Crippen LogP contribution is -2.52. The van der Waals surface area contributed by atoms with Crippen molar-refractivity contribution in [3.63, 3.8) is 0 Å². The Morgan fingerprint density at radius 2 is 1.51 bits per heavy atom. The van der Waals surface area contributed by atoms with Gasteiger partial charge in [-0.2, -0.15) is 0 Å². The monoisotopic (exact) mass is 661 g/mol. The Morgan fingerprint density at radius 1 is 0.867 bits per heavy atom. The lowest BCUT2D eigenvalue weighted by atomic mass is 10.1. The van der Waals surface area contributed by atoms with Crippen molar-refractivity contribution in [3.8, 4) is 23.0 Å². The molecule has 0 aliphatic carbocycles. The number of anilines is 1. The van der Waals surface area contributed by atoms with Gasteiger partial charge in [0.1, 0.15) is 24.1 Å². The van der Waals surface area contributed by atoms with Crippen LogP contribution in [0.5, 0.6) is 23.0 Å². The molecule has 0 aromatic heterocycles. The molecule has 0 radical (unpaired) electrons. The third-order valence-corrected chi connectivity index (χ3v) is 9.47. The summed E-state index contributed by atoms with van der Waals surface area (Å²) in [4.78, 5) is 28.7. The highest BCUT2D eigenvalue weighted by Crippen LogP contribution is 2.38. The van der Waals surface area contributed by atoms with Crippen LogP contribution in [-0.2, 0) is 26.2 Å². The summed E-state index contributed by atoms with van der Waals surface area (Å²) >= 11 is 6.45. The first-order valence-corrected chi connectivity index (χ1v) is 16.0. The predicted octanol–water partition coefficient (Wildman–Crippen LogP) is 4.90. The molecule has 13 heteroatoms. The van der Waals surface area contributed by atoms with Crippen LogP contribution in [0, 0.1) is 0 Å². The quantitative estimate of drug-likeness (QED) is 0.244. The van der Waals surface area contributed by atoms with Crippen molar-refractivity contribution in [1.82, 2.24) is 10.2 Å². The molecule has 0 saturated heterocycles. The largest absolute Gasteiger partial charge is 0.497 e. The standard InChI is InChI=1S/C32H40ClN3O8S/c1-8-21(2)34-32(38)22(3)35(19-23-11-9-10-12-26(23)33)31(37)20-36(27-17-24(41-4)13-15-28(27)42-5)45(39,40)25-14-16-29(43-6)30(18-25)44-7/h9-18,21-22H,8,19-20H2,1-7H3,(H,34,38)/t21-,22+/m1/s1. The van der Waals surface area contributed by atoms with E-state index >= 15 is 0 Å². The van der Waals surface area contributed by atoms with Crippen molar-refractivity contribution in [3.05, 3.63) is 71.2 Å². The molecule has 0 fully saturated rings. The van der Waals surface area contributed by atoms with E-state index < -0.39 is 34.4 Å². The van der Waals surface area contributed by atoms with Crippen LogP contribution in [0.25, 0.3) is 0 Å². The highest BCUT2D eigenvalue weighted by molar-refractivity contribution is 7.92. The average Bonchev–Trinajstić information content (AvgIpc) is 3.05. The third-order valence-electron chi connectivity index (χ3n) is 7.34. The Balaban J connectivity index is 2.18. The fraction of sp³-hybridized carbons (Fsp3) is 0.375. The number of methoxy groups -OCH3 is 4. The first-order chi connectivity index (χ1) is 21.4. The summed E-state index contributed by atoms with van der Waals surface area (Å²) in [7, 11) is 1.19. The minimum Gasteiger partial charge on any atom is -0.497 e. The zero-order valence-corrected chi connectivity index (χ0v) is 28.1. The van der Waals surface area contributed by atoms with Crippen LogP contribution in [0.3, 0.4) is 0 Å². The van der Waals surface area contributed by atoms with Crippen molar-refractivity contribution >= 4 is 39.1 Å². The topological polar surface area (TPSA) is 124 Å². The van der Waals surface area contributed by atoms with E-state index in [-0.39, 0.29) is 34.7 Å². The van der Waals surface area contributed by atoms with Gasteiger partial charge in [0.25, 0.3) is 10.0 Å². The van der Waals surface area contributed by atoms with Crippen molar-refractivity contribution < 1.29 is 37.0 Å². The molecule has 11 nitrogen and oxygen atoms in total. The molecule has 0 saturated carbocycles. The number of halogens is 1. The van der Waals surface area contributed by atoms with Crippen LogP contribution < -0.4 is 28.6 Å². The summed E-state index contributed by atoms with van der Waals surface area (Å²) in [5.74, 6) is -0.0373. The van der Waals surface area contributed by atoms with Gasteiger partial charge in [0.2, 0.25) is 11.8 Å². The van der Waals surface area contributed by atoms with Crippen LogP contribution in [0.1, 0.15) is 32.8 Å². The number of rotatable bonds is 15. The van der Waals surface area contributed by atoms with Gasteiger partial charge >= 0.3 is 0 Å². The van der Waals surface area contributed by atoms with E-state index in [9.17, 15) is 18.0 Å². The number of carbonyl (C=O) groups excluding carboxylic acids is 2. The number of benzene rings is 3. The third kappa shape index (κ3) is 8.31. The van der Waals surface area contributed by atoms with E-state index in [0.717, 1.165) is 4.31 Å². The van der Waals surface area contributed by atoms with Gasteiger partial charge in [-0.1, -0.05) is 36.7 Å². The summed E-state index contributed by atoms with van der Waals surface area (Å²) in [6, 6.07) is 14.6. The fourth-order valence-corrected chi connectivity index (χ4v) is 6.10. The molecule has 1 N–H and O–H groups in total. The molecule has 3 aromatic carbocycles. The number of nitrogens with one attached hydrogen (secondary N) is 1. The van der Waals surface area contributed by atoms with Crippen LogP contribution in [0.4, 0.5) is 5.69 Å². The maximum absolute atomic E-state index is 14.4. The fourth-order valence-electron chi connectivity index (χ4n) is 4.47. The van der Waals surface area contributed by atoms with Gasteiger partial charge in [0, 0.05) is 29.7 Å². The molecule has 0 heterocycles. The first-order valence-electron chi connectivity index (χ1n) is 14.2. The van der Waals surface area contributed by atoms with Crippen molar-refractivity contribution in [1.29, 1.82) is 0 Å². The normalized spacial score (nSPS) is 12.4. The van der Waals surface area contributed by atoms with Gasteiger partial charge in [-0.15, -0.1) is 0 Å². The Bertz CT molecular complexity index is 1600. The molecule has 244 valence electrons.